The molecule has 10 heteroatoms. The zero-order valence-electron chi connectivity index (χ0n) is 20.1. The van der Waals surface area contributed by atoms with Crippen LogP contribution in [-0.2, 0) is 13.0 Å². The first kappa shape index (κ1) is 27.3. The third kappa shape index (κ3) is 6.22. The van der Waals surface area contributed by atoms with Crippen molar-refractivity contribution in [1.82, 2.24) is 9.66 Å². The highest BCUT2D eigenvalue weighted by atomic mass is 79.9. The monoisotopic (exact) mass is 649 g/mol. The first-order chi connectivity index (χ1) is 17.8. The van der Waals surface area contributed by atoms with Crippen molar-refractivity contribution in [2.45, 2.75) is 33.3 Å². The Morgan fingerprint density at radius 1 is 1.14 bits per heavy atom. The number of nitrogens with zero attached hydrogens (tertiary/aromatic N) is 3. The van der Waals surface area contributed by atoms with Gasteiger partial charge in [-0.15, -0.1) is 0 Å². The summed E-state index contributed by atoms with van der Waals surface area (Å²) in [5.74, 6) is 0.923. The molecule has 0 unspecified atom stereocenters. The van der Waals surface area contributed by atoms with Gasteiger partial charge in [0.15, 0.2) is 11.5 Å². The first-order valence-corrected chi connectivity index (χ1v) is 13.6. The molecule has 0 bridgehead atoms. The van der Waals surface area contributed by atoms with E-state index in [-0.39, 0.29) is 23.0 Å². The van der Waals surface area contributed by atoms with Gasteiger partial charge in [0, 0.05) is 20.9 Å². The van der Waals surface area contributed by atoms with E-state index in [9.17, 15) is 9.18 Å². The van der Waals surface area contributed by atoms with Gasteiger partial charge in [-0.1, -0.05) is 46.6 Å². The number of benzene rings is 3. The van der Waals surface area contributed by atoms with Gasteiger partial charge in [-0.3, -0.25) is 4.79 Å². The quantitative estimate of drug-likeness (QED) is 0.176. The fourth-order valence-corrected chi connectivity index (χ4v) is 4.71. The van der Waals surface area contributed by atoms with Crippen LogP contribution in [0.5, 0.6) is 11.5 Å². The van der Waals surface area contributed by atoms with Crippen LogP contribution in [0.15, 0.2) is 67.4 Å². The molecule has 1 aromatic heterocycles. The van der Waals surface area contributed by atoms with Crippen LogP contribution in [0.4, 0.5) is 4.39 Å². The predicted octanol–water partition coefficient (Wildman–Crippen LogP) is 7.53. The highest BCUT2D eigenvalue weighted by Crippen LogP contribution is 2.42. The molecule has 0 spiro atoms. The van der Waals surface area contributed by atoms with Crippen molar-refractivity contribution in [2.75, 3.05) is 6.61 Å². The SMILES string of the molecule is CCCc1nc2ccc(Br)cc2c(=O)n1N=Cc1cc(OCC)c(OCc2cccc(F)c2)c(Cl)c1Br. The smallest absolute Gasteiger partial charge is 0.282 e. The Labute approximate surface area is 235 Å². The molecule has 0 aliphatic heterocycles. The summed E-state index contributed by atoms with van der Waals surface area (Å²) < 4.78 is 27.9. The van der Waals surface area contributed by atoms with E-state index >= 15 is 0 Å². The molecular formula is C27H23Br2ClFN3O3. The number of hydrogen-bond acceptors (Lipinski definition) is 5. The number of halogens is 4. The summed E-state index contributed by atoms with van der Waals surface area (Å²) in [5, 5.41) is 5.21. The largest absolute Gasteiger partial charge is 0.490 e. The molecule has 0 aliphatic carbocycles. The van der Waals surface area contributed by atoms with Gasteiger partial charge in [-0.2, -0.15) is 9.78 Å². The summed E-state index contributed by atoms with van der Waals surface area (Å²) in [6, 6.07) is 13.3. The Morgan fingerprint density at radius 2 is 1.95 bits per heavy atom. The summed E-state index contributed by atoms with van der Waals surface area (Å²) in [6.07, 6.45) is 2.91. The van der Waals surface area contributed by atoms with E-state index in [1.807, 2.05) is 19.9 Å². The molecule has 0 atom stereocenters. The van der Waals surface area contributed by atoms with Gasteiger partial charge in [0.1, 0.15) is 23.3 Å². The summed E-state index contributed by atoms with van der Waals surface area (Å²) >= 11 is 13.6. The van der Waals surface area contributed by atoms with Crippen LogP contribution in [-0.4, -0.2) is 22.5 Å². The minimum atomic E-state index is -0.349. The van der Waals surface area contributed by atoms with E-state index in [4.69, 9.17) is 21.1 Å². The molecule has 4 aromatic rings. The lowest BCUT2D eigenvalue weighted by Crippen LogP contribution is -2.22. The highest BCUT2D eigenvalue weighted by molar-refractivity contribution is 9.10. The molecule has 0 fully saturated rings. The van der Waals surface area contributed by atoms with E-state index in [1.165, 1.54) is 23.0 Å². The minimum Gasteiger partial charge on any atom is -0.490 e. The summed E-state index contributed by atoms with van der Waals surface area (Å²) in [5.41, 5.74) is 1.58. The Morgan fingerprint density at radius 3 is 2.68 bits per heavy atom. The van der Waals surface area contributed by atoms with Gasteiger partial charge < -0.3 is 9.47 Å². The average molecular weight is 652 g/mol. The molecule has 0 saturated carbocycles. The zero-order chi connectivity index (χ0) is 26.5. The zero-order valence-corrected chi connectivity index (χ0v) is 24.0. The number of hydrogen-bond donors (Lipinski definition) is 0. The van der Waals surface area contributed by atoms with Crippen molar-refractivity contribution in [2.24, 2.45) is 5.10 Å². The fraction of sp³-hybridized carbons (Fsp3) is 0.222. The Kier molecular flexibility index (Phi) is 9.00. The lowest BCUT2D eigenvalue weighted by molar-refractivity contribution is 0.269. The number of ether oxygens (including phenoxy) is 2. The molecule has 192 valence electrons. The van der Waals surface area contributed by atoms with Gasteiger partial charge in [-0.25, -0.2) is 9.37 Å². The standard InChI is InChI=1S/C27H23Br2ClFN3O3/c1-3-6-23-33-21-10-9-18(28)13-20(21)27(35)34(23)32-14-17-12-22(36-4-2)26(25(30)24(17)29)37-15-16-7-5-8-19(31)11-16/h5,7-14H,3-4,6,15H2,1-2H3. The molecule has 3 aromatic carbocycles. The number of aromatic nitrogens is 2. The van der Waals surface area contributed by atoms with Crippen molar-refractivity contribution in [3.8, 4) is 11.5 Å². The van der Waals surface area contributed by atoms with Gasteiger partial charge in [0.05, 0.1) is 23.7 Å². The van der Waals surface area contributed by atoms with Crippen molar-refractivity contribution >= 4 is 60.6 Å². The topological polar surface area (TPSA) is 65.7 Å². The van der Waals surface area contributed by atoms with Crippen LogP contribution in [0.25, 0.3) is 10.9 Å². The van der Waals surface area contributed by atoms with Gasteiger partial charge in [0.2, 0.25) is 0 Å². The molecule has 37 heavy (non-hydrogen) atoms. The summed E-state index contributed by atoms with van der Waals surface area (Å²) in [4.78, 5) is 18.0. The lowest BCUT2D eigenvalue weighted by atomic mass is 10.2. The molecule has 0 amide bonds. The van der Waals surface area contributed by atoms with Crippen molar-refractivity contribution in [3.05, 3.63) is 95.6 Å². The molecule has 0 radical (unpaired) electrons. The first-order valence-electron chi connectivity index (χ1n) is 11.6. The maximum absolute atomic E-state index is 13.6. The second kappa shape index (κ2) is 12.2. The van der Waals surface area contributed by atoms with Crippen molar-refractivity contribution in [1.29, 1.82) is 0 Å². The van der Waals surface area contributed by atoms with Gasteiger partial charge >= 0.3 is 0 Å². The van der Waals surface area contributed by atoms with Crippen LogP contribution in [0.3, 0.4) is 0 Å². The summed E-state index contributed by atoms with van der Waals surface area (Å²) in [6.45, 7) is 4.33. The third-order valence-electron chi connectivity index (χ3n) is 5.39. The maximum Gasteiger partial charge on any atom is 0.282 e. The van der Waals surface area contributed by atoms with E-state index < -0.39 is 0 Å². The minimum absolute atomic E-state index is 0.103. The Balaban J connectivity index is 1.74. The average Bonchev–Trinajstić information content (AvgIpc) is 2.87. The second-order valence-corrected chi connectivity index (χ2v) is 10.2. The predicted molar refractivity (Wildman–Crippen MR) is 152 cm³/mol. The van der Waals surface area contributed by atoms with Crippen LogP contribution < -0.4 is 15.0 Å². The van der Waals surface area contributed by atoms with Crippen molar-refractivity contribution < 1.29 is 13.9 Å². The molecule has 4 rings (SSSR count). The van der Waals surface area contributed by atoms with E-state index in [1.54, 1.807) is 30.3 Å². The van der Waals surface area contributed by atoms with Gasteiger partial charge in [0.25, 0.3) is 5.56 Å². The Bertz CT molecular complexity index is 1540. The molecule has 0 N–H and O–H groups in total. The van der Waals surface area contributed by atoms with Crippen LogP contribution in [0.1, 0.15) is 37.2 Å². The third-order valence-corrected chi connectivity index (χ3v) is 7.33. The van der Waals surface area contributed by atoms with Crippen LogP contribution >= 0.6 is 43.5 Å². The molecule has 0 saturated heterocycles. The normalized spacial score (nSPS) is 11.4. The van der Waals surface area contributed by atoms with E-state index in [2.05, 4.69) is 41.9 Å². The number of aryl methyl sites for hydroxylation is 1. The molecule has 1 heterocycles. The van der Waals surface area contributed by atoms with E-state index in [0.717, 1.165) is 10.9 Å². The van der Waals surface area contributed by atoms with Crippen LogP contribution in [0, 0.1) is 5.82 Å². The number of rotatable bonds is 9. The molecular weight excluding hydrogens is 629 g/mol. The fourth-order valence-electron chi connectivity index (χ4n) is 3.70. The number of fused-ring (bicyclic) bond motifs is 1. The van der Waals surface area contributed by atoms with Crippen LogP contribution in [0.2, 0.25) is 5.02 Å². The summed E-state index contributed by atoms with van der Waals surface area (Å²) in [7, 11) is 0. The highest BCUT2D eigenvalue weighted by Gasteiger charge is 2.18. The van der Waals surface area contributed by atoms with E-state index in [0.29, 0.717) is 56.9 Å². The van der Waals surface area contributed by atoms with Gasteiger partial charge in [-0.05, 0) is 71.2 Å². The Hall–Kier alpha value is -2.75. The lowest BCUT2D eigenvalue weighted by Gasteiger charge is -2.16. The molecule has 0 aliphatic rings. The maximum atomic E-state index is 13.6. The van der Waals surface area contributed by atoms with Crippen molar-refractivity contribution in [3.63, 3.8) is 0 Å². The second-order valence-electron chi connectivity index (χ2n) is 8.07. The molecule has 6 nitrogen and oxygen atoms in total.